The van der Waals surface area contributed by atoms with Crippen LogP contribution in [0.3, 0.4) is 0 Å². The Balaban J connectivity index is 1.47. The van der Waals surface area contributed by atoms with E-state index in [9.17, 15) is 18.3 Å². The van der Waals surface area contributed by atoms with Gasteiger partial charge in [-0.3, -0.25) is 5.43 Å². The lowest BCUT2D eigenvalue weighted by atomic mass is 9.50. The third kappa shape index (κ3) is 2.08. The van der Waals surface area contributed by atoms with Crippen molar-refractivity contribution in [3.05, 3.63) is 0 Å². The van der Waals surface area contributed by atoms with Gasteiger partial charge in [-0.25, -0.2) is 0 Å². The van der Waals surface area contributed by atoms with Crippen molar-refractivity contribution in [2.24, 2.45) is 46.0 Å². The number of alkyl halides is 3. The van der Waals surface area contributed by atoms with Gasteiger partial charge in [0.1, 0.15) is 5.71 Å². The summed E-state index contributed by atoms with van der Waals surface area (Å²) in [5.41, 5.74) is -0.274. The van der Waals surface area contributed by atoms with E-state index in [0.29, 0.717) is 18.3 Å². The van der Waals surface area contributed by atoms with Crippen LogP contribution in [-0.4, -0.2) is 22.7 Å². The molecule has 0 bridgehead atoms. The van der Waals surface area contributed by atoms with Crippen LogP contribution in [0.1, 0.15) is 64.7 Å². The van der Waals surface area contributed by atoms with Gasteiger partial charge in [-0.05, 0) is 68.1 Å². The number of halogens is 3. The quantitative estimate of drug-likeness (QED) is 0.661. The molecule has 1 heterocycles. The molecule has 4 aliphatic carbocycles. The average Bonchev–Trinajstić information content (AvgIpc) is 3.05. The highest BCUT2D eigenvalue weighted by Crippen LogP contribution is 2.67. The first-order valence-corrected chi connectivity index (χ1v) is 10.4. The van der Waals surface area contributed by atoms with Gasteiger partial charge in [0.2, 0.25) is 0 Å². The average molecular weight is 370 g/mol. The van der Waals surface area contributed by atoms with Crippen molar-refractivity contribution in [2.45, 2.75) is 76.6 Å². The minimum absolute atomic E-state index is 0.166. The fraction of sp³-hybridized carbons (Fsp3) is 0.950. The van der Waals surface area contributed by atoms with Crippen LogP contribution in [0.25, 0.3) is 0 Å². The van der Waals surface area contributed by atoms with Crippen LogP contribution < -0.4 is 5.43 Å². The molecule has 5 rings (SSSR count). The summed E-state index contributed by atoms with van der Waals surface area (Å²) >= 11 is 0. The number of hydrazone groups is 1. The van der Waals surface area contributed by atoms with Gasteiger partial charge in [-0.1, -0.05) is 26.2 Å². The first-order chi connectivity index (χ1) is 12.3. The van der Waals surface area contributed by atoms with Crippen LogP contribution in [-0.2, 0) is 0 Å². The fourth-order valence-electron chi connectivity index (χ4n) is 7.88. The number of nitrogens with zero attached hydrogens (tertiary/aromatic N) is 1. The van der Waals surface area contributed by atoms with E-state index in [4.69, 9.17) is 0 Å². The van der Waals surface area contributed by atoms with Crippen molar-refractivity contribution in [2.75, 3.05) is 0 Å². The summed E-state index contributed by atoms with van der Waals surface area (Å²) in [6, 6.07) is 0. The standard InChI is InChI=1S/C20H29F3N2O/c1-18-9-8-13-12-5-3-2-4-11(12)6-7-14(13)15(18)10-16-17(20(21,22)23)24-25-19(16,18)26/h11-16,25-26H,2-10H2,1H3/t11?,12?,13?,14?,15?,16?,18-,19?/m0/s1. The Hall–Kier alpha value is -0.780. The van der Waals surface area contributed by atoms with Crippen LogP contribution in [0.4, 0.5) is 13.2 Å². The van der Waals surface area contributed by atoms with E-state index in [1.807, 2.05) is 6.92 Å². The molecule has 0 aromatic heterocycles. The molecular formula is C20H29F3N2O. The van der Waals surface area contributed by atoms with Gasteiger partial charge in [0, 0.05) is 5.41 Å². The SMILES string of the molecule is C[C@]12CCC3C4CCCCC4CCC3C1CC1C(C(F)(F)F)=NNC12O. The second-order valence-corrected chi connectivity index (χ2v) is 9.84. The zero-order chi connectivity index (χ0) is 18.3. The molecule has 0 amide bonds. The molecular weight excluding hydrogens is 341 g/mol. The molecule has 7 unspecified atom stereocenters. The van der Waals surface area contributed by atoms with Crippen molar-refractivity contribution in [3.63, 3.8) is 0 Å². The molecule has 0 spiro atoms. The monoisotopic (exact) mass is 370 g/mol. The summed E-state index contributed by atoms with van der Waals surface area (Å²) in [6.07, 6.45) is 5.49. The van der Waals surface area contributed by atoms with Gasteiger partial charge in [0.15, 0.2) is 5.72 Å². The largest absolute Gasteiger partial charge is 0.431 e. The number of fused-ring (bicyclic) bond motifs is 7. The van der Waals surface area contributed by atoms with Crippen LogP contribution in [0.15, 0.2) is 5.10 Å². The van der Waals surface area contributed by atoms with E-state index < -0.39 is 28.9 Å². The maximum Gasteiger partial charge on any atom is 0.431 e. The Bertz CT molecular complexity index is 635. The predicted octanol–water partition coefficient (Wildman–Crippen LogP) is 4.47. The maximum atomic E-state index is 13.4. The lowest BCUT2D eigenvalue weighted by molar-refractivity contribution is -0.148. The Morgan fingerprint density at radius 3 is 2.58 bits per heavy atom. The summed E-state index contributed by atoms with van der Waals surface area (Å²) in [6.45, 7) is 2.02. The molecule has 146 valence electrons. The van der Waals surface area contributed by atoms with Crippen LogP contribution in [0.5, 0.6) is 0 Å². The lowest BCUT2D eigenvalue weighted by Crippen LogP contribution is -2.59. The smallest absolute Gasteiger partial charge is 0.368 e. The van der Waals surface area contributed by atoms with Gasteiger partial charge >= 0.3 is 6.18 Å². The van der Waals surface area contributed by atoms with E-state index in [0.717, 1.165) is 31.1 Å². The number of hydrogen-bond donors (Lipinski definition) is 2. The number of hydrogen-bond acceptors (Lipinski definition) is 3. The predicted molar refractivity (Wildman–Crippen MR) is 92.2 cm³/mol. The highest BCUT2D eigenvalue weighted by Gasteiger charge is 2.71. The van der Waals surface area contributed by atoms with Crippen molar-refractivity contribution in [1.82, 2.24) is 5.43 Å². The normalized spacial score (nSPS) is 53.0. The van der Waals surface area contributed by atoms with E-state index in [2.05, 4.69) is 10.5 Å². The van der Waals surface area contributed by atoms with Crippen molar-refractivity contribution >= 4 is 5.71 Å². The molecule has 4 saturated carbocycles. The summed E-state index contributed by atoms with van der Waals surface area (Å²) in [7, 11) is 0. The molecule has 1 aliphatic heterocycles. The number of aliphatic hydroxyl groups is 1. The first-order valence-electron chi connectivity index (χ1n) is 10.4. The number of nitrogens with one attached hydrogen (secondary N) is 1. The lowest BCUT2D eigenvalue weighted by Gasteiger charge is -2.56. The third-order valence-corrected chi connectivity index (χ3v) is 9.10. The molecule has 26 heavy (non-hydrogen) atoms. The number of rotatable bonds is 0. The molecule has 3 nitrogen and oxygen atoms in total. The van der Waals surface area contributed by atoms with E-state index in [-0.39, 0.29) is 5.92 Å². The molecule has 0 saturated heterocycles. The first kappa shape index (κ1) is 17.3. The molecule has 0 aromatic carbocycles. The van der Waals surface area contributed by atoms with Gasteiger partial charge in [-0.15, -0.1) is 0 Å². The van der Waals surface area contributed by atoms with Gasteiger partial charge in [0.05, 0.1) is 5.92 Å². The molecule has 8 atom stereocenters. The molecule has 2 N–H and O–H groups in total. The van der Waals surface area contributed by atoms with Gasteiger partial charge in [-0.2, -0.15) is 18.3 Å². The minimum atomic E-state index is -4.47. The van der Waals surface area contributed by atoms with Crippen molar-refractivity contribution < 1.29 is 18.3 Å². The maximum absolute atomic E-state index is 13.4. The summed E-state index contributed by atoms with van der Waals surface area (Å²) in [5.74, 6) is 1.98. The Morgan fingerprint density at radius 2 is 1.81 bits per heavy atom. The Kier molecular flexibility index (Phi) is 3.59. The van der Waals surface area contributed by atoms with Gasteiger partial charge in [0.25, 0.3) is 0 Å². The highest BCUT2D eigenvalue weighted by molar-refractivity contribution is 5.94. The van der Waals surface area contributed by atoms with Crippen molar-refractivity contribution in [1.29, 1.82) is 0 Å². The molecule has 6 heteroatoms. The zero-order valence-electron chi connectivity index (χ0n) is 15.4. The fourth-order valence-corrected chi connectivity index (χ4v) is 7.88. The summed E-state index contributed by atoms with van der Waals surface area (Å²) < 4.78 is 40.3. The van der Waals surface area contributed by atoms with Crippen LogP contribution >= 0.6 is 0 Å². The summed E-state index contributed by atoms with van der Waals surface area (Å²) in [5, 5.41) is 14.9. The molecule has 4 fully saturated rings. The van der Waals surface area contributed by atoms with E-state index in [1.165, 1.54) is 32.1 Å². The van der Waals surface area contributed by atoms with Crippen molar-refractivity contribution in [3.8, 4) is 0 Å². The van der Waals surface area contributed by atoms with E-state index in [1.54, 1.807) is 0 Å². The van der Waals surface area contributed by atoms with Gasteiger partial charge < -0.3 is 5.11 Å². The zero-order valence-corrected chi connectivity index (χ0v) is 15.4. The molecule has 5 aliphatic rings. The second kappa shape index (κ2) is 5.39. The summed E-state index contributed by atoms with van der Waals surface area (Å²) in [4.78, 5) is 0. The Morgan fingerprint density at radius 1 is 1.04 bits per heavy atom. The second-order valence-electron chi connectivity index (χ2n) is 9.84. The Labute approximate surface area is 152 Å². The minimum Gasteiger partial charge on any atom is -0.368 e. The van der Waals surface area contributed by atoms with Crippen LogP contribution in [0, 0.1) is 40.9 Å². The topological polar surface area (TPSA) is 44.6 Å². The molecule has 0 radical (unpaired) electrons. The molecule has 0 aromatic rings. The van der Waals surface area contributed by atoms with Crippen LogP contribution in [0.2, 0.25) is 0 Å². The highest BCUT2D eigenvalue weighted by atomic mass is 19.4. The van der Waals surface area contributed by atoms with E-state index >= 15 is 0 Å². The third-order valence-electron chi connectivity index (χ3n) is 9.10.